The maximum Gasteiger partial charge on any atom is 0.423 e. The van der Waals surface area contributed by atoms with Gasteiger partial charge in [0.2, 0.25) is 11.8 Å². The van der Waals surface area contributed by atoms with Gasteiger partial charge in [0, 0.05) is 12.1 Å². The zero-order chi connectivity index (χ0) is 33.7. The molecule has 3 amide bonds. The summed E-state index contributed by atoms with van der Waals surface area (Å²) in [5.74, 6) is -3.44. The molecule has 0 saturated carbocycles. The molecule has 1 aliphatic carbocycles. The van der Waals surface area contributed by atoms with Gasteiger partial charge in [-0.1, -0.05) is 24.3 Å². The molecule has 2 heterocycles. The van der Waals surface area contributed by atoms with Crippen molar-refractivity contribution in [2.24, 2.45) is 17.8 Å². The Morgan fingerprint density at radius 2 is 1.85 bits per heavy atom. The van der Waals surface area contributed by atoms with Crippen LogP contribution in [-0.4, -0.2) is 76.6 Å². The lowest BCUT2D eigenvalue weighted by Gasteiger charge is -2.36. The molecule has 3 aromatic rings. The minimum Gasteiger partial charge on any atom is -0.504 e. The molecule has 2 aliphatic rings. The first-order chi connectivity index (χ1) is 22.7. The van der Waals surface area contributed by atoms with E-state index in [4.69, 9.17) is 14.2 Å². The van der Waals surface area contributed by atoms with Gasteiger partial charge in [-0.25, -0.2) is 4.79 Å². The van der Waals surface area contributed by atoms with Crippen LogP contribution in [0.2, 0.25) is 0 Å². The van der Waals surface area contributed by atoms with E-state index in [1.165, 1.54) is 7.11 Å². The first-order valence-corrected chi connectivity index (χ1v) is 16.1. The molecule has 3 N–H and O–H groups in total. The number of phenolic OH excluding ortho intramolecular Hbond substituents is 1. The van der Waals surface area contributed by atoms with Gasteiger partial charge in [-0.2, -0.15) is 4.90 Å². The highest BCUT2D eigenvalue weighted by atomic mass is 127. The van der Waals surface area contributed by atoms with Crippen molar-refractivity contribution in [2.45, 2.75) is 25.4 Å². The number of fused-ring (bicyclic) bond motifs is 1. The van der Waals surface area contributed by atoms with Crippen molar-refractivity contribution in [1.82, 2.24) is 9.88 Å². The second kappa shape index (κ2) is 15.1. The Hall–Kier alpha value is -4.27. The number of phenols is 1. The van der Waals surface area contributed by atoms with E-state index in [0.717, 1.165) is 18.2 Å². The van der Waals surface area contributed by atoms with Crippen LogP contribution < -0.4 is 9.47 Å². The molecule has 11 nitrogen and oxygen atoms in total. The average Bonchev–Trinajstić information content (AvgIpc) is 3.35. The largest absolute Gasteiger partial charge is 0.504 e. The van der Waals surface area contributed by atoms with Crippen LogP contribution in [0.25, 0.3) is 11.6 Å². The van der Waals surface area contributed by atoms with Crippen LogP contribution in [0.1, 0.15) is 30.5 Å². The van der Waals surface area contributed by atoms with Crippen molar-refractivity contribution in [3.8, 4) is 17.2 Å². The molecule has 1 aliphatic heterocycles. The molecule has 1 saturated heterocycles. The number of ether oxygens (including phenoxy) is 3. The molecular weight excluding hydrogens is 719 g/mol. The third-order valence-electron chi connectivity index (χ3n) is 8.55. The number of carbonyl (C=O) groups excluding carboxylic acids is 3. The standard InChI is InChI=1S/C35H35IN2O9/c1-45-29-16-20(15-26(36)32(29)41)14-21(27-10-6-7-13-37-27)11-12-28(40)30-22(19-47-23-8-4-3-5-9-23)17-24-31(25(30)18-39)34(43)38(33(24)42)35(44)46-2/h3-10,13-16,24-25,28,31,39-41H,11-12,17-19H2,1-2H3/b21-14-/t24-,25+,28-,31-/m1/s1. The number of halogens is 1. The van der Waals surface area contributed by atoms with Gasteiger partial charge in [-0.15, -0.1) is 0 Å². The molecule has 0 bridgehead atoms. The highest BCUT2D eigenvalue weighted by Gasteiger charge is 2.57. The van der Waals surface area contributed by atoms with E-state index in [1.807, 2.05) is 59.0 Å². The number of imide groups is 3. The van der Waals surface area contributed by atoms with Gasteiger partial charge in [0.15, 0.2) is 11.5 Å². The SMILES string of the molecule is COC(=O)N1C(=O)[C@@H]2[C@@H](CC(COc3ccccc3)=C([C@H](O)CC/C(=C/c3cc(I)c(O)c(OC)c3)c3ccccn3)[C@@H]2CO)C1=O. The van der Waals surface area contributed by atoms with Crippen molar-refractivity contribution < 1.29 is 43.9 Å². The van der Waals surface area contributed by atoms with Crippen molar-refractivity contribution in [3.63, 3.8) is 0 Å². The molecular formula is C35H35IN2O9. The Kier molecular flexibility index (Phi) is 10.9. The number of rotatable bonds is 11. The number of benzene rings is 2. The van der Waals surface area contributed by atoms with Crippen LogP contribution in [0, 0.1) is 21.3 Å². The smallest absolute Gasteiger partial charge is 0.423 e. The monoisotopic (exact) mass is 754 g/mol. The van der Waals surface area contributed by atoms with Crippen LogP contribution in [0.5, 0.6) is 17.2 Å². The van der Waals surface area contributed by atoms with E-state index >= 15 is 0 Å². The number of allylic oxidation sites excluding steroid dienone is 1. The molecule has 1 aromatic heterocycles. The number of hydrogen-bond donors (Lipinski definition) is 3. The van der Waals surface area contributed by atoms with E-state index < -0.39 is 48.4 Å². The summed E-state index contributed by atoms with van der Waals surface area (Å²) < 4.78 is 16.7. The van der Waals surface area contributed by atoms with E-state index in [-0.39, 0.29) is 25.2 Å². The number of aliphatic hydroxyl groups excluding tert-OH is 2. The van der Waals surface area contributed by atoms with Crippen molar-refractivity contribution >= 4 is 52.1 Å². The Morgan fingerprint density at radius 3 is 2.51 bits per heavy atom. The molecule has 47 heavy (non-hydrogen) atoms. The number of carbonyl (C=O) groups is 3. The molecule has 5 rings (SSSR count). The summed E-state index contributed by atoms with van der Waals surface area (Å²) in [7, 11) is 2.56. The molecule has 246 valence electrons. The van der Waals surface area contributed by atoms with E-state index in [9.17, 15) is 29.7 Å². The number of methoxy groups -OCH3 is 2. The van der Waals surface area contributed by atoms with Gasteiger partial charge in [-0.05, 0) is 107 Å². The quantitative estimate of drug-likeness (QED) is 0.141. The maximum atomic E-state index is 13.4. The van der Waals surface area contributed by atoms with Crippen LogP contribution in [0.4, 0.5) is 4.79 Å². The number of likely N-dealkylation sites (tertiary alicyclic amines) is 1. The van der Waals surface area contributed by atoms with E-state index in [2.05, 4.69) is 4.98 Å². The third-order valence-corrected chi connectivity index (χ3v) is 9.37. The summed E-state index contributed by atoms with van der Waals surface area (Å²) in [5, 5.41) is 32.8. The number of aliphatic hydroxyl groups is 2. The molecule has 0 radical (unpaired) electrons. The number of para-hydroxylation sites is 1. The minimum atomic E-state index is -1.14. The second-order valence-electron chi connectivity index (χ2n) is 11.3. The topological polar surface area (TPSA) is 156 Å². The zero-order valence-electron chi connectivity index (χ0n) is 25.8. The van der Waals surface area contributed by atoms with Gasteiger partial charge in [-0.3, -0.25) is 14.6 Å². The van der Waals surface area contributed by atoms with Gasteiger partial charge < -0.3 is 29.5 Å². The van der Waals surface area contributed by atoms with Gasteiger partial charge in [0.1, 0.15) is 12.4 Å². The van der Waals surface area contributed by atoms with Gasteiger partial charge in [0.25, 0.3) is 0 Å². The van der Waals surface area contributed by atoms with E-state index in [1.54, 1.807) is 36.5 Å². The molecule has 0 spiro atoms. The number of amides is 3. The Labute approximate surface area is 285 Å². The van der Waals surface area contributed by atoms with Gasteiger partial charge in [0.05, 0.1) is 48.0 Å². The van der Waals surface area contributed by atoms with Crippen LogP contribution in [0.3, 0.4) is 0 Å². The highest BCUT2D eigenvalue weighted by Crippen LogP contribution is 2.47. The fourth-order valence-electron chi connectivity index (χ4n) is 6.36. The predicted molar refractivity (Wildman–Crippen MR) is 180 cm³/mol. The summed E-state index contributed by atoms with van der Waals surface area (Å²) in [6.45, 7) is -0.532. The first-order valence-electron chi connectivity index (χ1n) is 15.0. The number of aromatic nitrogens is 1. The number of aromatic hydroxyl groups is 1. The van der Waals surface area contributed by atoms with Crippen LogP contribution in [-0.2, 0) is 14.3 Å². The number of hydrogen-bond acceptors (Lipinski definition) is 10. The Morgan fingerprint density at radius 1 is 1.11 bits per heavy atom. The van der Waals surface area contributed by atoms with Crippen LogP contribution >= 0.6 is 22.6 Å². The minimum absolute atomic E-state index is 0.00446. The van der Waals surface area contributed by atoms with E-state index in [0.29, 0.717) is 43.2 Å². The molecule has 12 heteroatoms. The molecule has 0 unspecified atom stereocenters. The molecule has 2 aromatic carbocycles. The predicted octanol–water partition coefficient (Wildman–Crippen LogP) is 4.84. The fourth-order valence-corrected chi connectivity index (χ4v) is 6.98. The number of pyridine rings is 1. The van der Waals surface area contributed by atoms with Gasteiger partial charge >= 0.3 is 6.09 Å². The summed E-state index contributed by atoms with van der Waals surface area (Å²) in [4.78, 5) is 44.2. The van der Waals surface area contributed by atoms with Crippen molar-refractivity contribution in [3.05, 3.63) is 92.8 Å². The third kappa shape index (κ3) is 7.19. The number of nitrogens with zero attached hydrogens (tertiary/aromatic N) is 2. The lowest BCUT2D eigenvalue weighted by molar-refractivity contribution is -0.137. The van der Waals surface area contributed by atoms with Crippen molar-refractivity contribution in [2.75, 3.05) is 27.4 Å². The second-order valence-corrected chi connectivity index (χ2v) is 12.4. The summed E-state index contributed by atoms with van der Waals surface area (Å²) in [5.41, 5.74) is 3.21. The summed E-state index contributed by atoms with van der Waals surface area (Å²) in [6, 6.07) is 18.0. The summed E-state index contributed by atoms with van der Waals surface area (Å²) in [6.07, 6.45) is 1.92. The lowest BCUT2D eigenvalue weighted by atomic mass is 9.68. The molecule has 1 fully saturated rings. The average molecular weight is 755 g/mol. The Balaban J connectivity index is 1.50. The Bertz CT molecular complexity index is 1690. The fraction of sp³-hybridized carbons (Fsp3) is 0.314. The zero-order valence-corrected chi connectivity index (χ0v) is 28.0. The highest BCUT2D eigenvalue weighted by molar-refractivity contribution is 14.1. The van der Waals surface area contributed by atoms with Crippen molar-refractivity contribution in [1.29, 1.82) is 0 Å². The first kappa shape index (κ1) is 34.1. The van der Waals surface area contributed by atoms with Crippen LogP contribution in [0.15, 0.2) is 78.0 Å². The normalized spacial score (nSPS) is 20.2. The lowest BCUT2D eigenvalue weighted by Crippen LogP contribution is -2.40. The summed E-state index contributed by atoms with van der Waals surface area (Å²) >= 11 is 2.02. The maximum absolute atomic E-state index is 13.4. The molecule has 4 atom stereocenters.